The standard InChI is InChI=1S/C22H25F3N4O4/c1-21(2,3)16(10-30)28-19(31)18-14(9-26)33-20(29-18)12-5-7-13(32-4)17-11(12)6-8-15(27-17)22(23,24)25/h5-8,16,30H,9-10,26H2,1-4H3,(H,28,31)/t16-/m1/s1. The number of pyridine rings is 1. The van der Waals surface area contributed by atoms with Gasteiger partial charge in [-0.05, 0) is 29.7 Å². The number of methoxy groups -OCH3 is 1. The van der Waals surface area contributed by atoms with Crippen molar-refractivity contribution in [2.75, 3.05) is 13.7 Å². The number of ether oxygens (including phenoxy) is 1. The van der Waals surface area contributed by atoms with Gasteiger partial charge in [0, 0.05) is 10.9 Å². The Morgan fingerprint density at radius 2 is 1.91 bits per heavy atom. The summed E-state index contributed by atoms with van der Waals surface area (Å²) in [7, 11) is 1.32. The fourth-order valence-corrected chi connectivity index (χ4v) is 3.25. The molecule has 1 aromatic carbocycles. The summed E-state index contributed by atoms with van der Waals surface area (Å²) >= 11 is 0. The van der Waals surface area contributed by atoms with Crippen molar-refractivity contribution in [3.05, 3.63) is 41.4 Å². The number of nitrogens with zero attached hydrogens (tertiary/aromatic N) is 2. The summed E-state index contributed by atoms with van der Waals surface area (Å²) < 4.78 is 50.4. The summed E-state index contributed by atoms with van der Waals surface area (Å²) in [5, 5.41) is 12.6. The molecule has 0 aliphatic rings. The van der Waals surface area contributed by atoms with Crippen LogP contribution in [0.5, 0.6) is 5.75 Å². The molecule has 4 N–H and O–H groups in total. The van der Waals surface area contributed by atoms with Crippen molar-refractivity contribution in [2.24, 2.45) is 11.1 Å². The molecule has 1 atom stereocenters. The summed E-state index contributed by atoms with van der Waals surface area (Å²) in [6, 6.07) is 4.54. The van der Waals surface area contributed by atoms with Gasteiger partial charge in [-0.15, -0.1) is 0 Å². The molecular formula is C22H25F3N4O4. The Morgan fingerprint density at radius 3 is 2.45 bits per heavy atom. The number of hydrogen-bond acceptors (Lipinski definition) is 7. The smallest absolute Gasteiger partial charge is 0.433 e. The van der Waals surface area contributed by atoms with Crippen molar-refractivity contribution < 1.29 is 32.2 Å². The Hall–Kier alpha value is -3.18. The molecule has 2 heterocycles. The number of halogens is 3. The number of oxazole rings is 1. The molecule has 0 unspecified atom stereocenters. The molecule has 3 aromatic rings. The third kappa shape index (κ3) is 4.93. The van der Waals surface area contributed by atoms with Crippen molar-refractivity contribution >= 4 is 16.8 Å². The number of fused-ring (bicyclic) bond motifs is 1. The Kier molecular flexibility index (Phi) is 6.66. The van der Waals surface area contributed by atoms with Crippen LogP contribution >= 0.6 is 0 Å². The lowest BCUT2D eigenvalue weighted by molar-refractivity contribution is -0.140. The Balaban J connectivity index is 2.10. The van der Waals surface area contributed by atoms with Crippen molar-refractivity contribution in [1.82, 2.24) is 15.3 Å². The fourth-order valence-electron chi connectivity index (χ4n) is 3.25. The number of benzene rings is 1. The normalized spacial score (nSPS) is 13.2. The maximum Gasteiger partial charge on any atom is 0.433 e. The van der Waals surface area contributed by atoms with E-state index in [1.807, 2.05) is 20.8 Å². The topological polar surface area (TPSA) is 124 Å². The van der Waals surface area contributed by atoms with Gasteiger partial charge in [0.25, 0.3) is 5.91 Å². The van der Waals surface area contributed by atoms with E-state index in [0.29, 0.717) is 10.9 Å². The average Bonchev–Trinajstić information content (AvgIpc) is 3.19. The van der Waals surface area contributed by atoms with Crippen molar-refractivity contribution in [1.29, 1.82) is 0 Å². The minimum absolute atomic E-state index is 0.00822. The first-order valence-corrected chi connectivity index (χ1v) is 10.1. The lowest BCUT2D eigenvalue weighted by Gasteiger charge is -2.29. The highest BCUT2D eigenvalue weighted by molar-refractivity contribution is 5.98. The molecule has 0 radical (unpaired) electrons. The summed E-state index contributed by atoms with van der Waals surface area (Å²) in [6.07, 6.45) is -4.63. The zero-order chi connectivity index (χ0) is 24.6. The van der Waals surface area contributed by atoms with E-state index in [0.717, 1.165) is 6.07 Å². The van der Waals surface area contributed by atoms with Gasteiger partial charge < -0.3 is 25.3 Å². The van der Waals surface area contributed by atoms with Gasteiger partial charge in [-0.1, -0.05) is 20.8 Å². The summed E-state index contributed by atoms with van der Waals surface area (Å²) in [5.41, 5.74) is 4.45. The molecule has 0 bridgehead atoms. The molecule has 0 spiro atoms. The predicted octanol–water partition coefficient (Wildman–Crippen LogP) is 3.51. The fraction of sp³-hybridized carbons (Fsp3) is 0.409. The van der Waals surface area contributed by atoms with Crippen LogP contribution in [0.15, 0.2) is 28.7 Å². The number of alkyl halides is 3. The van der Waals surface area contributed by atoms with Gasteiger partial charge in [0.05, 0.1) is 26.3 Å². The number of nitrogens with two attached hydrogens (primary N) is 1. The third-order valence-corrected chi connectivity index (χ3v) is 5.19. The molecule has 11 heteroatoms. The lowest BCUT2D eigenvalue weighted by Crippen LogP contribution is -2.46. The first-order valence-electron chi connectivity index (χ1n) is 10.1. The van der Waals surface area contributed by atoms with E-state index in [9.17, 15) is 23.1 Å². The summed E-state index contributed by atoms with van der Waals surface area (Å²) in [5.74, 6) is -0.364. The second kappa shape index (κ2) is 8.99. The SMILES string of the molecule is COc1ccc(-c2nc(C(=O)N[C@H](CO)C(C)(C)C)c(CN)o2)c2ccc(C(F)(F)F)nc12. The number of amides is 1. The second-order valence-corrected chi connectivity index (χ2v) is 8.48. The molecule has 0 aliphatic heterocycles. The van der Waals surface area contributed by atoms with Gasteiger partial charge in [0.2, 0.25) is 5.89 Å². The Bertz CT molecular complexity index is 1170. The van der Waals surface area contributed by atoms with Crippen LogP contribution in [0.25, 0.3) is 22.4 Å². The number of carbonyl (C=O) groups excluding carboxylic acids is 1. The molecule has 0 fully saturated rings. The van der Waals surface area contributed by atoms with Gasteiger partial charge in [-0.2, -0.15) is 13.2 Å². The van der Waals surface area contributed by atoms with E-state index in [2.05, 4.69) is 15.3 Å². The maximum atomic E-state index is 13.2. The highest BCUT2D eigenvalue weighted by atomic mass is 19.4. The van der Waals surface area contributed by atoms with E-state index in [-0.39, 0.29) is 41.8 Å². The van der Waals surface area contributed by atoms with Crippen LogP contribution in [0.3, 0.4) is 0 Å². The highest BCUT2D eigenvalue weighted by Crippen LogP contribution is 2.37. The summed E-state index contributed by atoms with van der Waals surface area (Å²) in [4.78, 5) is 20.8. The number of aliphatic hydroxyl groups is 1. The van der Waals surface area contributed by atoms with Crippen LogP contribution in [-0.2, 0) is 12.7 Å². The average molecular weight is 466 g/mol. The van der Waals surface area contributed by atoms with Crippen LogP contribution in [0, 0.1) is 5.41 Å². The Labute approximate surface area is 188 Å². The van der Waals surface area contributed by atoms with Gasteiger partial charge in [-0.25, -0.2) is 9.97 Å². The monoisotopic (exact) mass is 466 g/mol. The molecule has 0 saturated heterocycles. The Morgan fingerprint density at radius 1 is 1.21 bits per heavy atom. The minimum Gasteiger partial charge on any atom is -0.494 e. The van der Waals surface area contributed by atoms with Crippen LogP contribution < -0.4 is 15.8 Å². The first kappa shape index (κ1) is 24.5. The van der Waals surface area contributed by atoms with E-state index in [1.165, 1.54) is 19.2 Å². The number of aromatic nitrogens is 2. The number of hydrogen-bond donors (Lipinski definition) is 3. The molecule has 2 aromatic heterocycles. The largest absolute Gasteiger partial charge is 0.494 e. The van der Waals surface area contributed by atoms with Gasteiger partial charge >= 0.3 is 6.18 Å². The molecule has 1 amide bonds. The van der Waals surface area contributed by atoms with Crippen LogP contribution in [-0.4, -0.2) is 40.7 Å². The quantitative estimate of drug-likeness (QED) is 0.508. The minimum atomic E-state index is -4.63. The molecule has 178 valence electrons. The van der Waals surface area contributed by atoms with Gasteiger partial charge in [0.1, 0.15) is 17.0 Å². The number of nitrogens with one attached hydrogen (secondary N) is 1. The molecular weight excluding hydrogens is 441 g/mol. The molecule has 3 rings (SSSR count). The highest BCUT2D eigenvalue weighted by Gasteiger charge is 2.33. The number of carbonyl (C=O) groups is 1. The van der Waals surface area contributed by atoms with Crippen LogP contribution in [0.1, 0.15) is 42.7 Å². The molecule has 0 saturated carbocycles. The predicted molar refractivity (Wildman–Crippen MR) is 114 cm³/mol. The number of rotatable bonds is 6. The van der Waals surface area contributed by atoms with Gasteiger partial charge in [-0.3, -0.25) is 4.79 Å². The lowest BCUT2D eigenvalue weighted by atomic mass is 9.87. The zero-order valence-corrected chi connectivity index (χ0v) is 18.6. The number of aliphatic hydroxyl groups excluding tert-OH is 1. The van der Waals surface area contributed by atoms with E-state index >= 15 is 0 Å². The van der Waals surface area contributed by atoms with E-state index in [1.54, 1.807) is 6.07 Å². The second-order valence-electron chi connectivity index (χ2n) is 8.48. The van der Waals surface area contributed by atoms with E-state index in [4.69, 9.17) is 14.9 Å². The van der Waals surface area contributed by atoms with Crippen molar-refractivity contribution in [3.8, 4) is 17.2 Å². The zero-order valence-electron chi connectivity index (χ0n) is 18.6. The molecule has 33 heavy (non-hydrogen) atoms. The molecule has 8 nitrogen and oxygen atoms in total. The van der Waals surface area contributed by atoms with Crippen LogP contribution in [0.2, 0.25) is 0 Å². The van der Waals surface area contributed by atoms with E-state index < -0.39 is 29.2 Å². The third-order valence-electron chi connectivity index (χ3n) is 5.19. The molecule has 0 aliphatic carbocycles. The maximum absolute atomic E-state index is 13.2. The van der Waals surface area contributed by atoms with Crippen molar-refractivity contribution in [3.63, 3.8) is 0 Å². The van der Waals surface area contributed by atoms with Gasteiger partial charge in [0.15, 0.2) is 11.5 Å². The van der Waals surface area contributed by atoms with Crippen LogP contribution in [0.4, 0.5) is 13.2 Å². The van der Waals surface area contributed by atoms with Crippen molar-refractivity contribution in [2.45, 2.75) is 39.5 Å². The first-order chi connectivity index (χ1) is 15.4. The summed E-state index contributed by atoms with van der Waals surface area (Å²) in [6.45, 7) is 5.15.